The molecule has 8 heavy (non-hydrogen) atoms. The third-order valence-corrected chi connectivity index (χ3v) is 3.30. The van der Waals surface area contributed by atoms with Crippen LogP contribution in [0.3, 0.4) is 0 Å². The molecule has 0 aromatic heterocycles. The highest BCUT2D eigenvalue weighted by molar-refractivity contribution is 7.59. The first kappa shape index (κ1) is 6.27. The zero-order chi connectivity index (χ0) is 6.20. The van der Waals surface area contributed by atoms with Crippen LogP contribution < -0.4 is 11.0 Å². The fourth-order valence-electron chi connectivity index (χ4n) is 0.790. The van der Waals surface area contributed by atoms with Crippen molar-refractivity contribution >= 4 is 7.44 Å². The lowest BCUT2D eigenvalue weighted by molar-refractivity contribution is 0.476. The normalized spacial score (nSPS) is 22.8. The van der Waals surface area contributed by atoms with Crippen LogP contribution in [-0.2, 0) is 4.57 Å². The van der Waals surface area contributed by atoms with Crippen molar-refractivity contribution in [2.24, 2.45) is 11.0 Å². The molecule has 0 heterocycles. The second-order valence-electron chi connectivity index (χ2n) is 2.35. The van der Waals surface area contributed by atoms with E-state index in [9.17, 15) is 4.57 Å². The molecule has 3 nitrogen and oxygen atoms in total. The maximum Gasteiger partial charge on any atom is 0.209 e. The largest absolute Gasteiger partial charge is 0.289 e. The topological polar surface area (TPSA) is 69.1 Å². The second kappa shape index (κ2) is 1.83. The van der Waals surface area contributed by atoms with E-state index >= 15 is 0 Å². The Morgan fingerprint density at radius 1 is 1.38 bits per heavy atom. The van der Waals surface area contributed by atoms with Gasteiger partial charge in [0.15, 0.2) is 0 Å². The van der Waals surface area contributed by atoms with Crippen LogP contribution in [0.15, 0.2) is 0 Å². The van der Waals surface area contributed by atoms with Gasteiger partial charge >= 0.3 is 0 Å². The monoisotopic (exact) mass is 134 g/mol. The lowest BCUT2D eigenvalue weighted by atomic mass is 10.00. The molecule has 1 aliphatic carbocycles. The van der Waals surface area contributed by atoms with E-state index < -0.39 is 7.44 Å². The lowest BCUT2D eigenvalue weighted by Crippen LogP contribution is -2.26. The molecular weight excluding hydrogens is 123 g/mol. The first-order valence-electron chi connectivity index (χ1n) is 2.77. The summed E-state index contributed by atoms with van der Waals surface area (Å²) in [5, 5.41) is 0. The Labute approximate surface area is 48.9 Å². The number of hydrogen-bond donors (Lipinski definition) is 2. The molecule has 4 N–H and O–H groups in total. The second-order valence-corrected chi connectivity index (χ2v) is 4.61. The summed E-state index contributed by atoms with van der Waals surface area (Å²) in [5.74, 6) is 0. The predicted molar refractivity (Wildman–Crippen MR) is 33.6 cm³/mol. The minimum atomic E-state index is -2.67. The van der Waals surface area contributed by atoms with Crippen molar-refractivity contribution in [2.45, 2.75) is 24.9 Å². The molecule has 0 unspecified atom stereocenters. The molecule has 1 saturated carbocycles. The van der Waals surface area contributed by atoms with Crippen molar-refractivity contribution in [3.63, 3.8) is 0 Å². The number of rotatable bonds is 1. The van der Waals surface area contributed by atoms with E-state index in [1.54, 1.807) is 0 Å². The summed E-state index contributed by atoms with van der Waals surface area (Å²) in [6.07, 6.45) is 3.07. The summed E-state index contributed by atoms with van der Waals surface area (Å²) in [6, 6.07) is 0. The summed E-state index contributed by atoms with van der Waals surface area (Å²) in [4.78, 5) is 0. The van der Waals surface area contributed by atoms with E-state index in [4.69, 9.17) is 11.0 Å². The van der Waals surface area contributed by atoms with Gasteiger partial charge in [-0.2, -0.15) is 0 Å². The Bertz CT molecular complexity index is 126. The van der Waals surface area contributed by atoms with Gasteiger partial charge in [0, 0.05) is 5.66 Å². The summed E-state index contributed by atoms with van der Waals surface area (Å²) < 4.78 is 10.8. The van der Waals surface area contributed by atoms with Gasteiger partial charge in [0.25, 0.3) is 0 Å². The van der Waals surface area contributed by atoms with Crippen molar-refractivity contribution < 1.29 is 4.57 Å². The zero-order valence-electron chi connectivity index (χ0n) is 4.71. The third-order valence-electron chi connectivity index (χ3n) is 1.65. The van der Waals surface area contributed by atoms with Gasteiger partial charge in [-0.25, -0.2) is 0 Å². The van der Waals surface area contributed by atoms with Gasteiger partial charge in [0.2, 0.25) is 7.44 Å². The molecule has 0 radical (unpaired) electrons. The Balaban J connectivity index is 2.46. The van der Waals surface area contributed by atoms with Crippen LogP contribution in [0, 0.1) is 0 Å². The maximum absolute atomic E-state index is 10.8. The summed E-state index contributed by atoms with van der Waals surface area (Å²) in [6.45, 7) is 0. The van der Waals surface area contributed by atoms with Gasteiger partial charge in [0.1, 0.15) is 0 Å². The third kappa shape index (κ3) is 1.10. The molecule has 1 rings (SSSR count). The first-order valence-corrected chi connectivity index (χ1v) is 4.69. The van der Waals surface area contributed by atoms with Crippen molar-refractivity contribution in [3.8, 4) is 0 Å². The van der Waals surface area contributed by atoms with Crippen LogP contribution in [0.25, 0.3) is 0 Å². The molecule has 0 aromatic carbocycles. The van der Waals surface area contributed by atoms with Gasteiger partial charge < -0.3 is 0 Å². The highest BCUT2D eigenvalue weighted by Gasteiger charge is 2.30. The van der Waals surface area contributed by atoms with E-state index in [-0.39, 0.29) is 5.66 Å². The lowest BCUT2D eigenvalue weighted by Gasteiger charge is -2.27. The predicted octanol–water partition coefficient (Wildman–Crippen LogP) is 0.649. The molecule has 1 aliphatic rings. The Kier molecular flexibility index (Phi) is 1.44. The maximum atomic E-state index is 10.8. The molecule has 1 fully saturated rings. The summed E-state index contributed by atoms with van der Waals surface area (Å²) in [5.41, 5.74) is 10.5. The summed E-state index contributed by atoms with van der Waals surface area (Å²) >= 11 is 0. The molecular formula is C4H11N2OP. The van der Waals surface area contributed by atoms with Crippen LogP contribution in [0.4, 0.5) is 0 Å². The molecule has 0 aromatic rings. The van der Waals surface area contributed by atoms with E-state index in [1.165, 1.54) is 0 Å². The van der Waals surface area contributed by atoms with E-state index in [0.29, 0.717) is 0 Å². The number of nitrogens with two attached hydrogens (primary N) is 2. The van der Waals surface area contributed by atoms with E-state index in [0.717, 1.165) is 19.3 Å². The summed E-state index contributed by atoms with van der Waals surface area (Å²) in [7, 11) is -2.67. The number of hydrogen-bond acceptors (Lipinski definition) is 1. The van der Waals surface area contributed by atoms with E-state index in [1.807, 2.05) is 0 Å². The van der Waals surface area contributed by atoms with Crippen molar-refractivity contribution in [2.75, 3.05) is 0 Å². The van der Waals surface area contributed by atoms with Crippen molar-refractivity contribution in [1.82, 2.24) is 0 Å². The quantitative estimate of drug-likeness (QED) is 0.517. The molecule has 0 aliphatic heterocycles. The fourth-order valence-corrected chi connectivity index (χ4v) is 1.96. The molecule has 0 bridgehead atoms. The molecule has 0 spiro atoms. The first-order chi connectivity index (χ1) is 3.61. The Morgan fingerprint density at radius 3 is 1.88 bits per heavy atom. The molecule has 0 atom stereocenters. The van der Waals surface area contributed by atoms with Crippen LogP contribution in [0.5, 0.6) is 0 Å². The minimum absolute atomic E-state index is 0.141. The minimum Gasteiger partial charge on any atom is -0.289 e. The SMILES string of the molecule is NP(N)(=O)C1CCC1. The smallest absolute Gasteiger partial charge is 0.209 e. The van der Waals surface area contributed by atoms with Gasteiger partial charge in [-0.1, -0.05) is 6.42 Å². The highest BCUT2D eigenvalue weighted by atomic mass is 31.2. The molecule has 4 heteroatoms. The van der Waals surface area contributed by atoms with Gasteiger partial charge in [-0.15, -0.1) is 0 Å². The van der Waals surface area contributed by atoms with Gasteiger partial charge in [-0.05, 0) is 12.8 Å². The standard InChI is InChI=1S/C4H11N2OP/c5-8(6,7)4-2-1-3-4/h4H,1-3H2,(H4,5,6,7). The van der Waals surface area contributed by atoms with Crippen LogP contribution in [0.1, 0.15) is 19.3 Å². The fraction of sp³-hybridized carbons (Fsp3) is 1.00. The molecule has 48 valence electrons. The highest BCUT2D eigenvalue weighted by Crippen LogP contribution is 2.44. The van der Waals surface area contributed by atoms with Crippen LogP contribution in [-0.4, -0.2) is 5.66 Å². The van der Waals surface area contributed by atoms with E-state index in [2.05, 4.69) is 0 Å². The average Bonchev–Trinajstić information content (AvgIpc) is 1.16. The van der Waals surface area contributed by atoms with Crippen molar-refractivity contribution in [1.29, 1.82) is 0 Å². The van der Waals surface area contributed by atoms with Gasteiger partial charge in [-0.3, -0.25) is 15.6 Å². The van der Waals surface area contributed by atoms with Gasteiger partial charge in [0.05, 0.1) is 0 Å². The van der Waals surface area contributed by atoms with Crippen LogP contribution in [0.2, 0.25) is 0 Å². The van der Waals surface area contributed by atoms with Crippen LogP contribution >= 0.6 is 7.44 Å². The molecule has 0 amide bonds. The Morgan fingerprint density at radius 2 is 1.88 bits per heavy atom. The molecule has 0 saturated heterocycles. The Hall–Kier alpha value is 0.150. The van der Waals surface area contributed by atoms with Crippen molar-refractivity contribution in [3.05, 3.63) is 0 Å². The zero-order valence-corrected chi connectivity index (χ0v) is 5.60. The average molecular weight is 134 g/mol.